The Morgan fingerprint density at radius 3 is 2.15 bits per heavy atom. The molecular formula is C17H19F3N2O4. The second-order valence-corrected chi connectivity index (χ2v) is 6.42. The number of rotatable bonds is 6. The van der Waals surface area contributed by atoms with Crippen LogP contribution in [0.15, 0.2) is 24.3 Å². The van der Waals surface area contributed by atoms with Crippen molar-refractivity contribution in [1.29, 1.82) is 0 Å². The quantitative estimate of drug-likeness (QED) is 0.711. The maximum atomic E-state index is 12.4. The van der Waals surface area contributed by atoms with Gasteiger partial charge in [0, 0.05) is 26.7 Å². The van der Waals surface area contributed by atoms with Crippen molar-refractivity contribution in [2.45, 2.75) is 12.9 Å². The fraction of sp³-hybridized carbons (Fsp3) is 0.529. The predicted octanol–water partition coefficient (Wildman–Crippen LogP) is 1.65. The Bertz CT molecular complexity index is 654. The first-order chi connectivity index (χ1) is 12.3. The average molecular weight is 372 g/mol. The normalized spacial score (nSPS) is 23.6. The molecule has 2 aliphatic rings. The summed E-state index contributed by atoms with van der Waals surface area (Å²) in [4.78, 5) is 28.0. The maximum Gasteiger partial charge on any atom is 0.573 e. The third-order valence-electron chi connectivity index (χ3n) is 4.64. The first-order valence-electron chi connectivity index (χ1n) is 8.19. The number of ether oxygens (including phenoxy) is 2. The van der Waals surface area contributed by atoms with Crippen molar-refractivity contribution in [3.8, 4) is 5.75 Å². The van der Waals surface area contributed by atoms with Gasteiger partial charge in [-0.15, -0.1) is 13.2 Å². The van der Waals surface area contributed by atoms with Crippen LogP contribution in [-0.4, -0.2) is 61.3 Å². The van der Waals surface area contributed by atoms with Gasteiger partial charge in [0.05, 0.1) is 25.0 Å². The molecule has 0 N–H and O–H groups in total. The Kier molecular flexibility index (Phi) is 5.19. The van der Waals surface area contributed by atoms with Crippen molar-refractivity contribution >= 4 is 11.8 Å². The van der Waals surface area contributed by atoms with E-state index in [0.29, 0.717) is 26.2 Å². The second-order valence-electron chi connectivity index (χ2n) is 6.42. The predicted molar refractivity (Wildman–Crippen MR) is 84.0 cm³/mol. The SMILES string of the molecule is COCCN1C(=O)[C@H]2CN(Cc3ccc(OC(F)(F)F)cc3)C[C@H]2C1=O. The van der Waals surface area contributed by atoms with Crippen LogP contribution in [0.4, 0.5) is 13.2 Å². The Morgan fingerprint density at radius 2 is 1.65 bits per heavy atom. The highest BCUT2D eigenvalue weighted by Crippen LogP contribution is 2.34. The molecule has 2 fully saturated rings. The fourth-order valence-corrected chi connectivity index (χ4v) is 3.48. The number of halogens is 3. The monoisotopic (exact) mass is 372 g/mol. The maximum absolute atomic E-state index is 12.4. The molecule has 0 saturated carbocycles. The number of imide groups is 1. The zero-order valence-corrected chi connectivity index (χ0v) is 14.2. The molecule has 2 atom stereocenters. The van der Waals surface area contributed by atoms with Crippen molar-refractivity contribution in [3.63, 3.8) is 0 Å². The lowest BCUT2D eigenvalue weighted by Gasteiger charge is -2.20. The molecule has 2 aliphatic heterocycles. The van der Waals surface area contributed by atoms with Gasteiger partial charge in [-0.25, -0.2) is 0 Å². The van der Waals surface area contributed by atoms with E-state index in [4.69, 9.17) is 4.74 Å². The van der Waals surface area contributed by atoms with Crippen molar-refractivity contribution in [1.82, 2.24) is 9.80 Å². The zero-order valence-electron chi connectivity index (χ0n) is 14.2. The Balaban J connectivity index is 1.58. The van der Waals surface area contributed by atoms with E-state index < -0.39 is 6.36 Å². The van der Waals surface area contributed by atoms with E-state index in [1.165, 1.54) is 24.1 Å². The van der Waals surface area contributed by atoms with Gasteiger partial charge in [-0.3, -0.25) is 19.4 Å². The van der Waals surface area contributed by atoms with Gasteiger partial charge in [-0.1, -0.05) is 12.1 Å². The number of carbonyl (C=O) groups excluding carboxylic acids is 2. The van der Waals surface area contributed by atoms with Crippen molar-refractivity contribution < 1.29 is 32.2 Å². The third-order valence-corrected chi connectivity index (χ3v) is 4.64. The van der Waals surface area contributed by atoms with Gasteiger partial charge < -0.3 is 9.47 Å². The van der Waals surface area contributed by atoms with E-state index in [2.05, 4.69) is 4.74 Å². The Hall–Kier alpha value is -2.13. The van der Waals surface area contributed by atoms with E-state index >= 15 is 0 Å². The molecule has 0 radical (unpaired) electrons. The smallest absolute Gasteiger partial charge is 0.406 e. The molecule has 6 nitrogen and oxygen atoms in total. The average Bonchev–Trinajstić information content (AvgIpc) is 3.07. The highest BCUT2D eigenvalue weighted by molar-refractivity contribution is 6.05. The number of carbonyl (C=O) groups is 2. The standard InChI is InChI=1S/C17H19F3N2O4/c1-25-7-6-22-15(23)13-9-21(10-14(13)16(22)24)8-11-2-4-12(5-3-11)26-17(18,19)20/h2-5,13-14H,6-10H2,1H3/t13-,14+. The number of hydrogen-bond donors (Lipinski definition) is 0. The summed E-state index contributed by atoms with van der Waals surface area (Å²) >= 11 is 0. The third kappa shape index (κ3) is 3.99. The first kappa shape index (κ1) is 18.7. The number of fused-ring (bicyclic) bond motifs is 1. The van der Waals surface area contributed by atoms with Gasteiger partial charge in [0.2, 0.25) is 11.8 Å². The van der Waals surface area contributed by atoms with Gasteiger partial charge in [0.1, 0.15) is 5.75 Å². The van der Waals surface area contributed by atoms with Crippen LogP contribution in [0.5, 0.6) is 5.75 Å². The van der Waals surface area contributed by atoms with Gasteiger partial charge in [-0.2, -0.15) is 0 Å². The molecule has 0 aromatic heterocycles. The lowest BCUT2D eigenvalue weighted by Crippen LogP contribution is -2.37. The van der Waals surface area contributed by atoms with Crippen LogP contribution >= 0.6 is 0 Å². The highest BCUT2D eigenvalue weighted by Gasteiger charge is 2.51. The molecule has 2 amide bonds. The van der Waals surface area contributed by atoms with Crippen LogP contribution in [0.2, 0.25) is 0 Å². The van der Waals surface area contributed by atoms with E-state index in [0.717, 1.165) is 5.56 Å². The van der Waals surface area contributed by atoms with E-state index in [-0.39, 0.29) is 35.9 Å². The molecule has 9 heteroatoms. The van der Waals surface area contributed by atoms with Crippen molar-refractivity contribution in [3.05, 3.63) is 29.8 Å². The summed E-state index contributed by atoms with van der Waals surface area (Å²) in [5.74, 6) is -1.33. The van der Waals surface area contributed by atoms with Crippen LogP contribution < -0.4 is 4.74 Å². The minimum absolute atomic E-state index is 0.173. The van der Waals surface area contributed by atoms with Crippen LogP contribution in [0, 0.1) is 11.8 Å². The zero-order chi connectivity index (χ0) is 18.9. The van der Waals surface area contributed by atoms with Gasteiger partial charge in [0.25, 0.3) is 0 Å². The number of likely N-dealkylation sites (tertiary alicyclic amines) is 2. The summed E-state index contributed by atoms with van der Waals surface area (Å²) in [6, 6.07) is 5.60. The summed E-state index contributed by atoms with van der Waals surface area (Å²) in [5.41, 5.74) is 0.788. The molecule has 0 unspecified atom stereocenters. The van der Waals surface area contributed by atoms with E-state index in [9.17, 15) is 22.8 Å². The minimum atomic E-state index is -4.72. The molecule has 2 heterocycles. The number of alkyl halides is 3. The lowest BCUT2D eigenvalue weighted by molar-refractivity contribution is -0.274. The number of amides is 2. The summed E-state index contributed by atoms with van der Waals surface area (Å²) in [5, 5.41) is 0. The van der Waals surface area contributed by atoms with Gasteiger partial charge >= 0.3 is 6.36 Å². The molecule has 1 aromatic rings. The van der Waals surface area contributed by atoms with Gasteiger partial charge in [0.15, 0.2) is 0 Å². The Morgan fingerprint density at radius 1 is 1.08 bits per heavy atom. The van der Waals surface area contributed by atoms with Crippen LogP contribution in [0.3, 0.4) is 0 Å². The lowest BCUT2D eigenvalue weighted by atomic mass is 10.00. The topological polar surface area (TPSA) is 59.1 Å². The van der Waals surface area contributed by atoms with Crippen molar-refractivity contribution in [2.24, 2.45) is 11.8 Å². The van der Waals surface area contributed by atoms with Crippen LogP contribution in [-0.2, 0) is 20.9 Å². The number of methoxy groups -OCH3 is 1. The molecule has 142 valence electrons. The second kappa shape index (κ2) is 7.24. The largest absolute Gasteiger partial charge is 0.573 e. The van der Waals surface area contributed by atoms with Crippen LogP contribution in [0.25, 0.3) is 0 Å². The molecular weight excluding hydrogens is 353 g/mol. The summed E-state index contributed by atoms with van der Waals surface area (Å²) in [6.45, 7) is 1.95. The molecule has 26 heavy (non-hydrogen) atoms. The summed E-state index contributed by atoms with van der Waals surface area (Å²) < 4.78 is 45.3. The van der Waals surface area contributed by atoms with Crippen LogP contribution in [0.1, 0.15) is 5.56 Å². The fourth-order valence-electron chi connectivity index (χ4n) is 3.48. The highest BCUT2D eigenvalue weighted by atomic mass is 19.4. The van der Waals surface area contributed by atoms with E-state index in [1.54, 1.807) is 12.1 Å². The molecule has 1 aromatic carbocycles. The molecule has 0 aliphatic carbocycles. The first-order valence-corrected chi connectivity index (χ1v) is 8.19. The molecule has 0 bridgehead atoms. The number of nitrogens with zero attached hydrogens (tertiary/aromatic N) is 2. The minimum Gasteiger partial charge on any atom is -0.406 e. The summed E-state index contributed by atoms with van der Waals surface area (Å²) in [6.07, 6.45) is -4.72. The van der Waals surface area contributed by atoms with Gasteiger partial charge in [-0.05, 0) is 17.7 Å². The number of benzene rings is 1. The number of hydrogen-bond acceptors (Lipinski definition) is 5. The summed E-state index contributed by atoms with van der Waals surface area (Å²) in [7, 11) is 1.51. The molecule has 3 rings (SSSR count). The Labute approximate surface area is 148 Å². The van der Waals surface area contributed by atoms with E-state index in [1.807, 2.05) is 4.90 Å². The molecule has 0 spiro atoms. The van der Waals surface area contributed by atoms with Crippen molar-refractivity contribution in [2.75, 3.05) is 33.4 Å². The molecule has 2 saturated heterocycles.